The minimum absolute atomic E-state index is 0.0142. The van der Waals surface area contributed by atoms with Gasteiger partial charge in [0.15, 0.2) is 0 Å². The summed E-state index contributed by atoms with van der Waals surface area (Å²) in [7, 11) is -3.81. The van der Waals surface area contributed by atoms with Crippen LogP contribution in [0, 0.1) is 0 Å². The van der Waals surface area contributed by atoms with Crippen molar-refractivity contribution in [3.05, 3.63) is 77.4 Å². The zero-order chi connectivity index (χ0) is 23.3. The van der Waals surface area contributed by atoms with E-state index in [0.29, 0.717) is 29.6 Å². The number of amides is 1. The molecule has 3 aromatic rings. The van der Waals surface area contributed by atoms with E-state index in [-0.39, 0.29) is 28.4 Å². The molecule has 1 aliphatic heterocycles. The van der Waals surface area contributed by atoms with Crippen molar-refractivity contribution in [2.24, 2.45) is 0 Å². The molecule has 0 spiro atoms. The van der Waals surface area contributed by atoms with E-state index in [1.807, 2.05) is 0 Å². The van der Waals surface area contributed by atoms with Crippen LogP contribution in [-0.4, -0.2) is 38.6 Å². The normalized spacial score (nSPS) is 15.7. The summed E-state index contributed by atoms with van der Waals surface area (Å²) >= 11 is 5.84. The van der Waals surface area contributed by atoms with Crippen LogP contribution < -0.4 is 14.8 Å². The first-order valence-corrected chi connectivity index (χ1v) is 12.2. The minimum Gasteiger partial charge on any atom is -0.438 e. The highest BCUT2D eigenvalue weighted by Crippen LogP contribution is 2.27. The van der Waals surface area contributed by atoms with Gasteiger partial charge in [-0.3, -0.25) is 9.52 Å². The first kappa shape index (κ1) is 23.0. The third-order valence-electron chi connectivity index (χ3n) is 4.95. The summed E-state index contributed by atoms with van der Waals surface area (Å²) in [5.74, 6) is 0.103. The third kappa shape index (κ3) is 6.01. The Hall–Kier alpha value is -3.14. The number of rotatable bonds is 8. The zero-order valence-corrected chi connectivity index (χ0v) is 19.1. The number of hydrogen-bond acceptors (Lipinski definition) is 6. The average molecular weight is 488 g/mol. The van der Waals surface area contributed by atoms with Crippen LogP contribution in [-0.2, 0) is 14.8 Å². The second-order valence-corrected chi connectivity index (χ2v) is 9.51. The number of sulfonamides is 1. The number of benzene rings is 2. The second kappa shape index (κ2) is 10.2. The summed E-state index contributed by atoms with van der Waals surface area (Å²) < 4.78 is 39.1. The number of carbonyl (C=O) groups excluding carboxylic acids is 1. The molecule has 8 nitrogen and oxygen atoms in total. The second-order valence-electron chi connectivity index (χ2n) is 7.39. The summed E-state index contributed by atoms with van der Waals surface area (Å²) in [5.41, 5.74) is 0.561. The fraction of sp³-hybridized carbons (Fsp3) is 0.217. The fourth-order valence-electron chi connectivity index (χ4n) is 3.31. The van der Waals surface area contributed by atoms with Crippen LogP contribution in [0.5, 0.6) is 11.6 Å². The van der Waals surface area contributed by atoms with Crippen molar-refractivity contribution in [2.45, 2.75) is 23.8 Å². The highest BCUT2D eigenvalue weighted by atomic mass is 35.5. The van der Waals surface area contributed by atoms with Gasteiger partial charge in [0.1, 0.15) is 11.3 Å². The molecule has 1 aromatic heterocycles. The lowest BCUT2D eigenvalue weighted by atomic mass is 10.2. The Kier molecular flexibility index (Phi) is 7.12. The molecule has 0 bridgehead atoms. The van der Waals surface area contributed by atoms with Crippen LogP contribution >= 0.6 is 11.6 Å². The Bertz CT molecular complexity index is 1230. The van der Waals surface area contributed by atoms with Crippen LogP contribution in [0.3, 0.4) is 0 Å². The number of halogens is 1. The molecule has 1 saturated heterocycles. The summed E-state index contributed by atoms with van der Waals surface area (Å²) in [4.78, 5) is 16.9. The first-order valence-electron chi connectivity index (χ1n) is 10.3. The number of aromatic nitrogens is 1. The topological polar surface area (TPSA) is 107 Å². The molecular weight excluding hydrogens is 466 g/mol. The van der Waals surface area contributed by atoms with E-state index in [1.54, 1.807) is 30.3 Å². The summed E-state index contributed by atoms with van der Waals surface area (Å²) in [5, 5.41) is 3.29. The molecule has 1 unspecified atom stereocenters. The van der Waals surface area contributed by atoms with Gasteiger partial charge in [0, 0.05) is 30.4 Å². The number of anilines is 1. The van der Waals surface area contributed by atoms with Gasteiger partial charge in [-0.15, -0.1) is 0 Å². The molecule has 0 aliphatic carbocycles. The van der Waals surface area contributed by atoms with Gasteiger partial charge >= 0.3 is 0 Å². The maximum Gasteiger partial charge on any atom is 0.261 e. The van der Waals surface area contributed by atoms with Crippen LogP contribution in [0.4, 0.5) is 5.69 Å². The number of nitrogens with one attached hydrogen (secondary N) is 2. The minimum atomic E-state index is -3.81. The van der Waals surface area contributed by atoms with E-state index in [0.717, 1.165) is 12.8 Å². The lowest BCUT2D eigenvalue weighted by molar-refractivity contribution is 0.0855. The molecule has 1 atom stereocenters. The Morgan fingerprint density at radius 2 is 1.97 bits per heavy atom. The molecule has 172 valence electrons. The number of hydrogen-bond donors (Lipinski definition) is 2. The zero-order valence-electron chi connectivity index (χ0n) is 17.5. The molecule has 1 fully saturated rings. The van der Waals surface area contributed by atoms with Gasteiger partial charge in [-0.1, -0.05) is 17.7 Å². The number of carbonyl (C=O) groups is 1. The van der Waals surface area contributed by atoms with Crippen molar-refractivity contribution in [2.75, 3.05) is 17.9 Å². The molecule has 1 amide bonds. The third-order valence-corrected chi connectivity index (χ3v) is 6.60. The maximum absolute atomic E-state index is 12.7. The van der Waals surface area contributed by atoms with Crippen molar-refractivity contribution in [1.29, 1.82) is 0 Å². The number of ether oxygens (including phenoxy) is 2. The largest absolute Gasteiger partial charge is 0.438 e. The molecule has 2 aromatic carbocycles. The Morgan fingerprint density at radius 1 is 1.15 bits per heavy atom. The summed E-state index contributed by atoms with van der Waals surface area (Å²) in [6, 6.07) is 15.5. The molecule has 4 rings (SSSR count). The van der Waals surface area contributed by atoms with Gasteiger partial charge in [-0.2, -0.15) is 0 Å². The van der Waals surface area contributed by atoms with Crippen LogP contribution in [0.25, 0.3) is 0 Å². The smallest absolute Gasteiger partial charge is 0.261 e. The highest BCUT2D eigenvalue weighted by Gasteiger charge is 2.20. The predicted octanol–water partition coefficient (Wildman–Crippen LogP) is 4.24. The van der Waals surface area contributed by atoms with Gasteiger partial charge in [-0.25, -0.2) is 13.4 Å². The summed E-state index contributed by atoms with van der Waals surface area (Å²) in [6.45, 7) is 1.12. The van der Waals surface area contributed by atoms with Gasteiger partial charge in [-0.05, 0) is 61.4 Å². The van der Waals surface area contributed by atoms with Crippen molar-refractivity contribution in [3.63, 3.8) is 0 Å². The van der Waals surface area contributed by atoms with Crippen LogP contribution in [0.1, 0.15) is 23.2 Å². The Balaban J connectivity index is 1.47. The van der Waals surface area contributed by atoms with Gasteiger partial charge in [0.2, 0.25) is 5.88 Å². The highest BCUT2D eigenvalue weighted by molar-refractivity contribution is 7.92. The van der Waals surface area contributed by atoms with E-state index in [4.69, 9.17) is 21.1 Å². The quantitative estimate of drug-likeness (QED) is 0.492. The molecular formula is C23H22ClN3O5S. The number of nitrogens with zero attached hydrogens (tertiary/aromatic N) is 1. The van der Waals surface area contributed by atoms with E-state index < -0.39 is 10.0 Å². The first-order chi connectivity index (χ1) is 15.9. The monoisotopic (exact) mass is 487 g/mol. The van der Waals surface area contributed by atoms with Gasteiger partial charge < -0.3 is 14.8 Å². The Labute approximate surface area is 197 Å². The van der Waals surface area contributed by atoms with Crippen molar-refractivity contribution in [1.82, 2.24) is 10.3 Å². The molecule has 1 aliphatic rings. The standard InChI is InChI=1S/C23H22ClN3O5S/c24-16-8-10-20(11-9-16)33(29,30)27-17-4-1-5-18(14-17)32-23-21(7-2-12-25-23)22(28)26-15-19-6-3-13-31-19/h1-2,4-5,7-12,14,19,27H,3,6,13,15H2,(H,26,28). The van der Waals surface area contributed by atoms with Crippen LogP contribution in [0.15, 0.2) is 71.8 Å². The molecule has 10 heteroatoms. The molecule has 33 heavy (non-hydrogen) atoms. The maximum atomic E-state index is 12.7. The molecule has 0 saturated carbocycles. The van der Waals surface area contributed by atoms with E-state index in [2.05, 4.69) is 15.0 Å². The summed E-state index contributed by atoms with van der Waals surface area (Å²) in [6.07, 6.45) is 3.43. The Morgan fingerprint density at radius 3 is 2.73 bits per heavy atom. The lowest BCUT2D eigenvalue weighted by Gasteiger charge is -2.13. The van der Waals surface area contributed by atoms with Crippen molar-refractivity contribution in [3.8, 4) is 11.6 Å². The van der Waals surface area contributed by atoms with Gasteiger partial charge in [0.05, 0.1) is 16.7 Å². The average Bonchev–Trinajstić information content (AvgIpc) is 3.32. The van der Waals surface area contributed by atoms with Gasteiger partial charge in [0.25, 0.3) is 15.9 Å². The van der Waals surface area contributed by atoms with E-state index in [9.17, 15) is 13.2 Å². The fourth-order valence-corrected chi connectivity index (χ4v) is 4.49. The van der Waals surface area contributed by atoms with E-state index in [1.165, 1.54) is 36.5 Å². The molecule has 2 heterocycles. The van der Waals surface area contributed by atoms with Crippen LogP contribution in [0.2, 0.25) is 5.02 Å². The number of pyridine rings is 1. The van der Waals surface area contributed by atoms with Crippen molar-refractivity contribution < 1.29 is 22.7 Å². The molecule has 2 N–H and O–H groups in total. The van der Waals surface area contributed by atoms with Crippen molar-refractivity contribution >= 4 is 33.2 Å². The SMILES string of the molecule is O=C(NCC1CCCO1)c1cccnc1Oc1cccc(NS(=O)(=O)c2ccc(Cl)cc2)c1. The molecule has 0 radical (unpaired) electrons. The van der Waals surface area contributed by atoms with E-state index >= 15 is 0 Å². The predicted molar refractivity (Wildman–Crippen MR) is 124 cm³/mol. The lowest BCUT2D eigenvalue weighted by Crippen LogP contribution is -2.32.